The molecule has 0 saturated carbocycles. The molecular formula is C11H17BrN4. The fourth-order valence-corrected chi connectivity index (χ4v) is 2.82. The molecule has 0 radical (unpaired) electrons. The summed E-state index contributed by atoms with van der Waals surface area (Å²) in [6.07, 6.45) is 5.12. The lowest BCUT2D eigenvalue weighted by Gasteiger charge is -2.29. The summed E-state index contributed by atoms with van der Waals surface area (Å²) in [6.45, 7) is 4.45. The van der Waals surface area contributed by atoms with Crippen LogP contribution in [-0.2, 0) is 0 Å². The molecule has 0 spiro atoms. The van der Waals surface area contributed by atoms with Crippen molar-refractivity contribution in [1.82, 2.24) is 9.97 Å². The lowest BCUT2D eigenvalue weighted by molar-refractivity contribution is 0.619. The minimum absolute atomic E-state index is 0.513. The second kappa shape index (κ2) is 4.57. The minimum Gasteiger partial charge on any atom is -0.383 e. The third kappa shape index (κ3) is 1.88. The first kappa shape index (κ1) is 11.6. The summed E-state index contributed by atoms with van der Waals surface area (Å²) in [4.78, 5) is 10.7. The van der Waals surface area contributed by atoms with Crippen molar-refractivity contribution in [3.8, 4) is 0 Å². The molecule has 88 valence electrons. The van der Waals surface area contributed by atoms with Crippen molar-refractivity contribution in [3.63, 3.8) is 0 Å². The predicted molar refractivity (Wildman–Crippen MR) is 69.4 cm³/mol. The van der Waals surface area contributed by atoms with Crippen LogP contribution in [0.3, 0.4) is 0 Å². The smallest absolute Gasteiger partial charge is 0.149 e. The van der Waals surface area contributed by atoms with Gasteiger partial charge in [0.15, 0.2) is 0 Å². The Balaban J connectivity index is 2.38. The quantitative estimate of drug-likeness (QED) is 0.907. The van der Waals surface area contributed by atoms with E-state index in [-0.39, 0.29) is 0 Å². The monoisotopic (exact) mass is 284 g/mol. The molecular weight excluding hydrogens is 268 g/mol. The van der Waals surface area contributed by atoms with E-state index in [1.54, 1.807) is 0 Å². The Kier molecular flexibility index (Phi) is 3.33. The average Bonchev–Trinajstić information content (AvgIpc) is 2.64. The number of nitrogens with zero attached hydrogens (tertiary/aromatic N) is 3. The molecule has 1 fully saturated rings. The van der Waals surface area contributed by atoms with Crippen LogP contribution in [-0.4, -0.2) is 22.1 Å². The largest absolute Gasteiger partial charge is 0.383 e. The molecule has 1 aromatic rings. The zero-order valence-electron chi connectivity index (χ0n) is 9.65. The summed E-state index contributed by atoms with van der Waals surface area (Å²) in [5, 5.41) is 0. The van der Waals surface area contributed by atoms with E-state index in [9.17, 15) is 0 Å². The van der Waals surface area contributed by atoms with Gasteiger partial charge in [0.1, 0.15) is 22.4 Å². The predicted octanol–water partition coefficient (Wildman–Crippen LogP) is 2.59. The molecule has 2 rings (SSSR count). The molecule has 0 aliphatic carbocycles. The summed E-state index contributed by atoms with van der Waals surface area (Å²) < 4.78 is 0.821. The van der Waals surface area contributed by atoms with Gasteiger partial charge in [-0.05, 0) is 42.1 Å². The number of nitrogens with two attached hydrogens (primary N) is 1. The molecule has 1 aliphatic heterocycles. The van der Waals surface area contributed by atoms with E-state index in [4.69, 9.17) is 5.73 Å². The van der Waals surface area contributed by atoms with Gasteiger partial charge >= 0.3 is 0 Å². The molecule has 0 bridgehead atoms. The van der Waals surface area contributed by atoms with Crippen molar-refractivity contribution in [1.29, 1.82) is 0 Å². The van der Waals surface area contributed by atoms with Gasteiger partial charge in [-0.1, -0.05) is 6.92 Å². The summed E-state index contributed by atoms with van der Waals surface area (Å²) >= 11 is 3.48. The average molecular weight is 285 g/mol. The van der Waals surface area contributed by atoms with Gasteiger partial charge in [-0.15, -0.1) is 0 Å². The molecule has 2 atom stereocenters. The minimum atomic E-state index is 0.513. The Bertz CT molecular complexity index is 382. The molecule has 4 nitrogen and oxygen atoms in total. The van der Waals surface area contributed by atoms with Crippen molar-refractivity contribution in [2.75, 3.05) is 10.6 Å². The molecule has 5 heteroatoms. The maximum absolute atomic E-state index is 5.80. The second-order valence-electron chi connectivity index (χ2n) is 4.29. The molecule has 2 heterocycles. The van der Waals surface area contributed by atoms with Crippen LogP contribution in [0.5, 0.6) is 0 Å². The van der Waals surface area contributed by atoms with Gasteiger partial charge in [0, 0.05) is 12.1 Å². The third-order valence-electron chi connectivity index (χ3n) is 3.30. The Morgan fingerprint density at radius 1 is 1.50 bits per heavy atom. The highest BCUT2D eigenvalue weighted by molar-refractivity contribution is 9.10. The van der Waals surface area contributed by atoms with Crippen LogP contribution in [0.2, 0.25) is 0 Å². The lowest BCUT2D eigenvalue weighted by Crippen LogP contribution is -2.35. The Morgan fingerprint density at radius 3 is 2.94 bits per heavy atom. The van der Waals surface area contributed by atoms with Gasteiger partial charge in [-0.2, -0.15) is 0 Å². The highest BCUT2D eigenvalue weighted by atomic mass is 79.9. The van der Waals surface area contributed by atoms with E-state index in [1.165, 1.54) is 19.2 Å². The van der Waals surface area contributed by atoms with Crippen molar-refractivity contribution < 1.29 is 0 Å². The maximum Gasteiger partial charge on any atom is 0.149 e. The number of halogens is 1. The van der Waals surface area contributed by atoms with E-state index in [0.717, 1.165) is 16.7 Å². The molecule has 2 unspecified atom stereocenters. The number of aromatic nitrogens is 2. The topological polar surface area (TPSA) is 55.0 Å². The summed E-state index contributed by atoms with van der Waals surface area (Å²) in [5.74, 6) is 1.45. The Hall–Kier alpha value is -0.840. The first-order valence-electron chi connectivity index (χ1n) is 5.69. The highest BCUT2D eigenvalue weighted by Crippen LogP contribution is 2.36. The second-order valence-corrected chi connectivity index (χ2v) is 5.09. The zero-order valence-corrected chi connectivity index (χ0v) is 11.2. The zero-order chi connectivity index (χ0) is 11.7. The van der Waals surface area contributed by atoms with Gasteiger partial charge in [0.25, 0.3) is 0 Å². The fraction of sp³-hybridized carbons (Fsp3) is 0.636. The highest BCUT2D eigenvalue weighted by Gasteiger charge is 2.31. The van der Waals surface area contributed by atoms with E-state index in [1.807, 2.05) is 0 Å². The standard InChI is InChI=1S/C11H17BrN4/c1-3-8-5-4-7(2)16(8)11-9(12)10(13)14-6-15-11/h6-8H,3-5H2,1-2H3,(H2,13,14,15). The van der Waals surface area contributed by atoms with E-state index in [0.29, 0.717) is 17.9 Å². The molecule has 1 aliphatic rings. The van der Waals surface area contributed by atoms with Gasteiger partial charge in [0.05, 0.1) is 0 Å². The van der Waals surface area contributed by atoms with Gasteiger partial charge in [-0.3, -0.25) is 0 Å². The van der Waals surface area contributed by atoms with Crippen LogP contribution < -0.4 is 10.6 Å². The van der Waals surface area contributed by atoms with E-state index >= 15 is 0 Å². The normalized spacial score (nSPS) is 25.1. The van der Waals surface area contributed by atoms with Crippen molar-refractivity contribution in [2.24, 2.45) is 0 Å². The molecule has 1 saturated heterocycles. The van der Waals surface area contributed by atoms with E-state index < -0.39 is 0 Å². The summed E-state index contributed by atoms with van der Waals surface area (Å²) in [7, 11) is 0. The van der Waals surface area contributed by atoms with Crippen LogP contribution >= 0.6 is 15.9 Å². The number of rotatable bonds is 2. The SMILES string of the molecule is CCC1CCC(C)N1c1ncnc(N)c1Br. The third-order valence-corrected chi connectivity index (χ3v) is 4.06. The van der Waals surface area contributed by atoms with Gasteiger partial charge in [-0.25, -0.2) is 9.97 Å². The van der Waals surface area contributed by atoms with Crippen LogP contribution in [0.1, 0.15) is 33.1 Å². The number of hydrogen-bond acceptors (Lipinski definition) is 4. The Morgan fingerprint density at radius 2 is 2.25 bits per heavy atom. The van der Waals surface area contributed by atoms with Crippen LogP contribution in [0, 0.1) is 0 Å². The molecule has 16 heavy (non-hydrogen) atoms. The van der Waals surface area contributed by atoms with Crippen molar-refractivity contribution >= 4 is 27.6 Å². The number of hydrogen-bond donors (Lipinski definition) is 1. The van der Waals surface area contributed by atoms with Gasteiger partial charge < -0.3 is 10.6 Å². The Labute approximate surface area is 104 Å². The van der Waals surface area contributed by atoms with Crippen LogP contribution in [0.25, 0.3) is 0 Å². The van der Waals surface area contributed by atoms with Crippen molar-refractivity contribution in [3.05, 3.63) is 10.8 Å². The molecule has 0 aromatic carbocycles. The molecule has 1 aromatic heterocycles. The lowest BCUT2D eigenvalue weighted by atomic mass is 10.1. The maximum atomic E-state index is 5.80. The van der Waals surface area contributed by atoms with Gasteiger partial charge in [0.2, 0.25) is 0 Å². The summed E-state index contributed by atoms with van der Waals surface area (Å²) in [6, 6.07) is 1.09. The number of nitrogen functional groups attached to an aromatic ring is 1. The summed E-state index contributed by atoms with van der Waals surface area (Å²) in [5.41, 5.74) is 5.80. The van der Waals surface area contributed by atoms with Crippen LogP contribution in [0.4, 0.5) is 11.6 Å². The number of anilines is 2. The molecule has 0 amide bonds. The fourth-order valence-electron chi connectivity index (χ4n) is 2.41. The van der Waals surface area contributed by atoms with E-state index in [2.05, 4.69) is 44.6 Å². The van der Waals surface area contributed by atoms with Crippen LogP contribution in [0.15, 0.2) is 10.8 Å². The first-order chi connectivity index (χ1) is 7.65. The first-order valence-corrected chi connectivity index (χ1v) is 6.48. The molecule has 2 N–H and O–H groups in total. The van der Waals surface area contributed by atoms with Crippen molar-refractivity contribution in [2.45, 2.75) is 45.2 Å².